The van der Waals surface area contributed by atoms with Crippen LogP contribution in [0, 0.1) is 5.82 Å². The van der Waals surface area contributed by atoms with Crippen molar-refractivity contribution >= 4 is 11.6 Å². The predicted octanol–water partition coefficient (Wildman–Crippen LogP) is 2.48. The first kappa shape index (κ1) is 11.2. The Bertz CT molecular complexity index is 417. The first-order chi connectivity index (χ1) is 6.25. The van der Waals surface area contributed by atoms with Crippen molar-refractivity contribution in [3.8, 4) is 0 Å². The van der Waals surface area contributed by atoms with E-state index < -0.39 is 16.8 Å². The Labute approximate surface area is 87.3 Å². The summed E-state index contributed by atoms with van der Waals surface area (Å²) in [7, 11) is 1.48. The van der Waals surface area contributed by atoms with E-state index in [0.717, 1.165) is 4.57 Å². The summed E-state index contributed by atoms with van der Waals surface area (Å²) in [6.07, 6.45) is 1.44. The standard InChI is InChI=1S/C10H13ClFNO/c1-10(2,3)7-6(11)5-13(4)9(14)8(7)12/h5H,1-4H3. The molecule has 78 valence electrons. The summed E-state index contributed by atoms with van der Waals surface area (Å²) in [6.45, 7) is 5.45. The normalized spacial score (nSPS) is 11.9. The summed E-state index contributed by atoms with van der Waals surface area (Å²) < 4.78 is 14.7. The van der Waals surface area contributed by atoms with E-state index in [9.17, 15) is 9.18 Å². The second-order valence-electron chi connectivity index (χ2n) is 4.33. The Kier molecular flexibility index (Phi) is 2.72. The zero-order valence-electron chi connectivity index (χ0n) is 8.69. The van der Waals surface area contributed by atoms with Crippen LogP contribution in [0.25, 0.3) is 0 Å². The minimum atomic E-state index is -0.757. The van der Waals surface area contributed by atoms with Crippen LogP contribution in [0.1, 0.15) is 26.3 Å². The predicted molar refractivity (Wildman–Crippen MR) is 55.4 cm³/mol. The van der Waals surface area contributed by atoms with E-state index in [1.807, 2.05) is 20.8 Å². The summed E-state index contributed by atoms with van der Waals surface area (Å²) >= 11 is 5.89. The van der Waals surface area contributed by atoms with Gasteiger partial charge in [0.15, 0.2) is 5.82 Å². The lowest BCUT2D eigenvalue weighted by atomic mass is 9.87. The maximum absolute atomic E-state index is 13.6. The summed E-state index contributed by atoms with van der Waals surface area (Å²) in [6, 6.07) is 0. The molecule has 0 aliphatic heterocycles. The third kappa shape index (κ3) is 1.82. The van der Waals surface area contributed by atoms with Gasteiger partial charge in [0.1, 0.15) is 0 Å². The van der Waals surface area contributed by atoms with Crippen LogP contribution in [-0.4, -0.2) is 4.57 Å². The fraction of sp³-hybridized carbons (Fsp3) is 0.500. The second kappa shape index (κ2) is 3.39. The summed E-state index contributed by atoms with van der Waals surface area (Å²) in [4.78, 5) is 11.3. The van der Waals surface area contributed by atoms with Gasteiger partial charge in [-0.05, 0) is 5.41 Å². The van der Waals surface area contributed by atoms with Crippen LogP contribution in [0.4, 0.5) is 4.39 Å². The van der Waals surface area contributed by atoms with Crippen molar-refractivity contribution in [1.29, 1.82) is 0 Å². The fourth-order valence-corrected chi connectivity index (χ4v) is 1.86. The molecule has 1 heterocycles. The summed E-state index contributed by atoms with van der Waals surface area (Å²) in [5.41, 5.74) is -0.823. The van der Waals surface area contributed by atoms with Gasteiger partial charge in [-0.15, -0.1) is 0 Å². The van der Waals surface area contributed by atoms with Crippen LogP contribution in [0.15, 0.2) is 11.0 Å². The third-order valence-electron chi connectivity index (χ3n) is 2.02. The van der Waals surface area contributed by atoms with Crippen LogP contribution in [0.5, 0.6) is 0 Å². The third-order valence-corrected chi connectivity index (χ3v) is 2.31. The highest BCUT2D eigenvalue weighted by molar-refractivity contribution is 6.31. The number of nitrogens with zero attached hydrogens (tertiary/aromatic N) is 1. The van der Waals surface area contributed by atoms with Crippen LogP contribution < -0.4 is 5.56 Å². The molecule has 0 aromatic carbocycles. The molecule has 1 aromatic heterocycles. The van der Waals surface area contributed by atoms with Gasteiger partial charge in [0.25, 0.3) is 5.56 Å². The number of aryl methyl sites for hydroxylation is 1. The topological polar surface area (TPSA) is 22.0 Å². The number of rotatable bonds is 0. The average molecular weight is 218 g/mol. The highest BCUT2D eigenvalue weighted by Gasteiger charge is 2.24. The molecule has 0 radical (unpaired) electrons. The first-order valence-corrected chi connectivity index (χ1v) is 4.68. The van der Waals surface area contributed by atoms with Crippen molar-refractivity contribution in [2.24, 2.45) is 7.05 Å². The van der Waals surface area contributed by atoms with E-state index in [0.29, 0.717) is 0 Å². The molecule has 0 aliphatic rings. The van der Waals surface area contributed by atoms with Crippen LogP contribution in [0.2, 0.25) is 5.02 Å². The maximum Gasteiger partial charge on any atom is 0.286 e. The highest BCUT2D eigenvalue weighted by atomic mass is 35.5. The van der Waals surface area contributed by atoms with Gasteiger partial charge in [0.2, 0.25) is 0 Å². The molecular formula is C10H13ClFNO. The zero-order chi connectivity index (χ0) is 11.1. The van der Waals surface area contributed by atoms with E-state index in [4.69, 9.17) is 11.6 Å². The molecule has 0 fully saturated rings. The van der Waals surface area contributed by atoms with Gasteiger partial charge in [0.05, 0.1) is 5.02 Å². The minimum absolute atomic E-state index is 0.280. The van der Waals surface area contributed by atoms with Crippen molar-refractivity contribution in [3.63, 3.8) is 0 Å². The van der Waals surface area contributed by atoms with E-state index in [1.165, 1.54) is 13.2 Å². The zero-order valence-corrected chi connectivity index (χ0v) is 9.44. The lowest BCUT2D eigenvalue weighted by Gasteiger charge is -2.21. The average Bonchev–Trinajstić information content (AvgIpc) is 1.97. The quantitative estimate of drug-likeness (QED) is 0.655. The largest absolute Gasteiger partial charge is 0.315 e. The molecule has 0 spiro atoms. The molecule has 0 saturated carbocycles. The first-order valence-electron chi connectivity index (χ1n) is 4.30. The van der Waals surface area contributed by atoms with E-state index in [1.54, 1.807) is 0 Å². The Hall–Kier alpha value is -0.830. The molecule has 4 heteroatoms. The molecule has 0 amide bonds. The number of hydrogen-bond acceptors (Lipinski definition) is 1. The smallest absolute Gasteiger partial charge is 0.286 e. The van der Waals surface area contributed by atoms with Gasteiger partial charge in [-0.1, -0.05) is 32.4 Å². The Morgan fingerprint density at radius 2 is 1.93 bits per heavy atom. The van der Waals surface area contributed by atoms with E-state index >= 15 is 0 Å². The van der Waals surface area contributed by atoms with Gasteiger partial charge in [-0.25, -0.2) is 4.39 Å². The molecule has 2 nitrogen and oxygen atoms in total. The molecule has 0 N–H and O–H groups in total. The van der Waals surface area contributed by atoms with Gasteiger partial charge in [-0.2, -0.15) is 0 Å². The lowest BCUT2D eigenvalue weighted by Crippen LogP contribution is -2.26. The number of halogens is 2. The maximum atomic E-state index is 13.6. The van der Waals surface area contributed by atoms with Gasteiger partial charge >= 0.3 is 0 Å². The molecule has 0 bridgehead atoms. The number of pyridine rings is 1. The molecule has 0 unspecified atom stereocenters. The van der Waals surface area contributed by atoms with Crippen molar-refractivity contribution < 1.29 is 4.39 Å². The van der Waals surface area contributed by atoms with Crippen LogP contribution >= 0.6 is 11.6 Å². The molecular weight excluding hydrogens is 205 g/mol. The van der Waals surface area contributed by atoms with E-state index in [-0.39, 0.29) is 10.6 Å². The van der Waals surface area contributed by atoms with Gasteiger partial charge < -0.3 is 4.57 Å². The van der Waals surface area contributed by atoms with Crippen molar-refractivity contribution in [2.75, 3.05) is 0 Å². The lowest BCUT2D eigenvalue weighted by molar-refractivity contribution is 0.504. The second-order valence-corrected chi connectivity index (χ2v) is 4.74. The van der Waals surface area contributed by atoms with Crippen molar-refractivity contribution in [1.82, 2.24) is 4.57 Å². The van der Waals surface area contributed by atoms with Gasteiger partial charge in [-0.3, -0.25) is 4.79 Å². The Morgan fingerprint density at radius 1 is 1.43 bits per heavy atom. The monoisotopic (exact) mass is 217 g/mol. The molecule has 1 aromatic rings. The molecule has 0 atom stereocenters. The van der Waals surface area contributed by atoms with Crippen LogP contribution in [-0.2, 0) is 12.5 Å². The SMILES string of the molecule is Cn1cc(Cl)c(C(C)(C)C)c(F)c1=O. The molecule has 14 heavy (non-hydrogen) atoms. The number of aromatic nitrogens is 1. The van der Waals surface area contributed by atoms with Crippen molar-refractivity contribution in [2.45, 2.75) is 26.2 Å². The summed E-state index contributed by atoms with van der Waals surface area (Å²) in [5, 5.41) is 0.289. The number of hydrogen-bond donors (Lipinski definition) is 0. The molecule has 0 saturated heterocycles. The summed E-state index contributed by atoms with van der Waals surface area (Å²) in [5.74, 6) is -0.757. The molecule has 0 aliphatic carbocycles. The Morgan fingerprint density at radius 3 is 2.36 bits per heavy atom. The van der Waals surface area contributed by atoms with E-state index in [2.05, 4.69) is 0 Å². The van der Waals surface area contributed by atoms with Crippen LogP contribution in [0.3, 0.4) is 0 Å². The Balaban J connectivity index is 3.61. The van der Waals surface area contributed by atoms with Crippen molar-refractivity contribution in [3.05, 3.63) is 33.0 Å². The highest BCUT2D eigenvalue weighted by Crippen LogP contribution is 2.29. The fourth-order valence-electron chi connectivity index (χ4n) is 1.35. The minimum Gasteiger partial charge on any atom is -0.315 e. The molecule has 1 rings (SSSR count). The van der Waals surface area contributed by atoms with Gasteiger partial charge in [0, 0.05) is 18.8 Å².